The molecule has 0 spiro atoms. The molecule has 1 amide bonds. The Morgan fingerprint density at radius 2 is 1.82 bits per heavy atom. The van der Waals surface area contributed by atoms with Crippen LogP contribution in [0.25, 0.3) is 20.8 Å². The Morgan fingerprint density at radius 3 is 2.59 bits per heavy atom. The van der Waals surface area contributed by atoms with Crippen molar-refractivity contribution < 1.29 is 14.1 Å². The summed E-state index contributed by atoms with van der Waals surface area (Å²) in [7, 11) is 0. The quantitative estimate of drug-likeness (QED) is 0.276. The van der Waals surface area contributed by atoms with Gasteiger partial charge in [0.1, 0.15) is 23.1 Å². The van der Waals surface area contributed by atoms with Crippen LogP contribution in [0, 0.1) is 13.8 Å². The zero-order valence-electron chi connectivity index (χ0n) is 18.5. The minimum absolute atomic E-state index is 0.149. The second-order valence-electron chi connectivity index (χ2n) is 7.83. The van der Waals surface area contributed by atoms with Gasteiger partial charge in [0, 0.05) is 16.3 Å². The Bertz CT molecular complexity index is 1470. The number of rotatable bonds is 6. The molecule has 5 aromatic rings. The Balaban J connectivity index is 1.29. The fraction of sp³-hybridized carbons (Fsp3) is 0.115. The lowest BCUT2D eigenvalue weighted by Crippen LogP contribution is -2.15. The molecule has 34 heavy (non-hydrogen) atoms. The molecule has 0 aliphatic heterocycles. The maximum atomic E-state index is 12.9. The SMILES string of the molecule is Cc1ccc2nc(-c3ccc(NC(=O)c4noc(C)c4COc4ccc(Cl)cc4)cc3)sc2c1. The number of nitrogens with one attached hydrogen (secondary N) is 1. The Hall–Kier alpha value is -3.68. The van der Waals surface area contributed by atoms with Crippen LogP contribution in [-0.4, -0.2) is 16.0 Å². The van der Waals surface area contributed by atoms with Gasteiger partial charge in [-0.3, -0.25) is 4.79 Å². The first-order valence-electron chi connectivity index (χ1n) is 10.6. The normalized spacial score (nSPS) is 11.0. The lowest BCUT2D eigenvalue weighted by atomic mass is 10.1. The van der Waals surface area contributed by atoms with Gasteiger partial charge in [0.05, 0.1) is 15.8 Å². The summed E-state index contributed by atoms with van der Waals surface area (Å²) in [6, 6.07) is 20.8. The lowest BCUT2D eigenvalue weighted by molar-refractivity contribution is 0.101. The number of aryl methyl sites for hydroxylation is 2. The zero-order valence-corrected chi connectivity index (χ0v) is 20.0. The molecule has 2 aromatic heterocycles. The second kappa shape index (κ2) is 9.29. The van der Waals surface area contributed by atoms with Crippen LogP contribution in [0.1, 0.15) is 27.4 Å². The average Bonchev–Trinajstić information content (AvgIpc) is 3.42. The number of hydrogen-bond acceptors (Lipinski definition) is 6. The van der Waals surface area contributed by atoms with E-state index < -0.39 is 0 Å². The summed E-state index contributed by atoms with van der Waals surface area (Å²) in [5, 5.41) is 8.38. The summed E-state index contributed by atoms with van der Waals surface area (Å²) < 4.78 is 12.2. The van der Waals surface area contributed by atoms with Gasteiger partial charge in [-0.15, -0.1) is 11.3 Å². The van der Waals surface area contributed by atoms with Crippen molar-refractivity contribution in [3.05, 3.63) is 94.3 Å². The molecule has 3 aromatic carbocycles. The smallest absolute Gasteiger partial charge is 0.278 e. The van der Waals surface area contributed by atoms with E-state index in [1.54, 1.807) is 42.5 Å². The van der Waals surface area contributed by atoms with E-state index in [0.717, 1.165) is 20.8 Å². The number of fused-ring (bicyclic) bond motifs is 1. The van der Waals surface area contributed by atoms with Crippen LogP contribution in [0.4, 0.5) is 5.69 Å². The molecule has 0 saturated carbocycles. The molecule has 0 atom stereocenters. The molecule has 0 radical (unpaired) electrons. The molecule has 0 aliphatic carbocycles. The molecule has 0 aliphatic rings. The first-order chi connectivity index (χ1) is 16.5. The number of anilines is 1. The van der Waals surface area contributed by atoms with Crippen LogP contribution in [0.5, 0.6) is 5.75 Å². The van der Waals surface area contributed by atoms with Crippen LogP contribution in [-0.2, 0) is 6.61 Å². The van der Waals surface area contributed by atoms with Crippen molar-refractivity contribution in [3.8, 4) is 16.3 Å². The largest absolute Gasteiger partial charge is 0.489 e. The highest BCUT2D eigenvalue weighted by Gasteiger charge is 2.21. The lowest BCUT2D eigenvalue weighted by Gasteiger charge is -2.08. The molecule has 6 nitrogen and oxygen atoms in total. The molecule has 170 valence electrons. The molecule has 5 rings (SSSR count). The molecule has 1 N–H and O–H groups in total. The third-order valence-corrected chi connectivity index (χ3v) is 6.65. The highest BCUT2D eigenvalue weighted by atomic mass is 35.5. The minimum Gasteiger partial charge on any atom is -0.489 e. The molecular weight excluding hydrogens is 470 g/mol. The average molecular weight is 490 g/mol. The summed E-state index contributed by atoms with van der Waals surface area (Å²) >= 11 is 7.56. The monoisotopic (exact) mass is 489 g/mol. The van der Waals surface area contributed by atoms with E-state index in [9.17, 15) is 4.79 Å². The maximum absolute atomic E-state index is 12.9. The molecule has 0 fully saturated rings. The van der Waals surface area contributed by atoms with Gasteiger partial charge in [0.25, 0.3) is 5.91 Å². The molecule has 0 saturated heterocycles. The topological polar surface area (TPSA) is 77.3 Å². The summed E-state index contributed by atoms with van der Waals surface area (Å²) in [5.41, 5.74) is 4.62. The maximum Gasteiger partial charge on any atom is 0.278 e. The number of thiazole rings is 1. The highest BCUT2D eigenvalue weighted by molar-refractivity contribution is 7.21. The number of nitrogens with zero attached hydrogens (tertiary/aromatic N) is 2. The molecule has 2 heterocycles. The van der Waals surface area contributed by atoms with Gasteiger partial charge in [0.15, 0.2) is 5.69 Å². The van der Waals surface area contributed by atoms with Crippen molar-refractivity contribution in [2.24, 2.45) is 0 Å². The first-order valence-corrected chi connectivity index (χ1v) is 11.8. The molecule has 0 unspecified atom stereocenters. The van der Waals surface area contributed by atoms with Crippen molar-refractivity contribution in [3.63, 3.8) is 0 Å². The van der Waals surface area contributed by atoms with Crippen molar-refractivity contribution in [1.82, 2.24) is 10.1 Å². The van der Waals surface area contributed by atoms with Gasteiger partial charge in [-0.25, -0.2) is 4.98 Å². The van der Waals surface area contributed by atoms with Gasteiger partial charge < -0.3 is 14.6 Å². The predicted molar refractivity (Wildman–Crippen MR) is 135 cm³/mol. The van der Waals surface area contributed by atoms with Crippen molar-refractivity contribution in [2.45, 2.75) is 20.5 Å². The van der Waals surface area contributed by atoms with Crippen LogP contribution in [0.15, 0.2) is 71.3 Å². The fourth-order valence-electron chi connectivity index (χ4n) is 3.47. The summed E-state index contributed by atoms with van der Waals surface area (Å²) in [6.45, 7) is 3.97. The van der Waals surface area contributed by atoms with Gasteiger partial charge in [-0.2, -0.15) is 0 Å². The first kappa shape index (κ1) is 22.1. The number of benzene rings is 3. The summed E-state index contributed by atoms with van der Waals surface area (Å²) in [5.74, 6) is 0.798. The van der Waals surface area contributed by atoms with Crippen molar-refractivity contribution in [2.75, 3.05) is 5.32 Å². The van der Waals surface area contributed by atoms with Crippen LogP contribution in [0.3, 0.4) is 0 Å². The third-order valence-electron chi connectivity index (χ3n) is 5.33. The number of ether oxygens (including phenoxy) is 1. The third kappa shape index (κ3) is 4.66. The molecule has 0 bridgehead atoms. The van der Waals surface area contributed by atoms with E-state index in [4.69, 9.17) is 25.8 Å². The van der Waals surface area contributed by atoms with Crippen molar-refractivity contribution >= 4 is 44.7 Å². The van der Waals surface area contributed by atoms with Gasteiger partial charge in [-0.1, -0.05) is 22.8 Å². The van der Waals surface area contributed by atoms with E-state index in [2.05, 4.69) is 29.5 Å². The van der Waals surface area contributed by atoms with E-state index in [1.807, 2.05) is 30.3 Å². The van der Waals surface area contributed by atoms with Gasteiger partial charge in [0.2, 0.25) is 0 Å². The van der Waals surface area contributed by atoms with Gasteiger partial charge in [-0.05, 0) is 80.1 Å². The Kier molecular flexibility index (Phi) is 6.04. The summed E-state index contributed by atoms with van der Waals surface area (Å²) in [6.07, 6.45) is 0. The van der Waals surface area contributed by atoms with E-state index in [-0.39, 0.29) is 18.2 Å². The number of carbonyl (C=O) groups is 1. The number of aromatic nitrogens is 2. The van der Waals surface area contributed by atoms with E-state index in [0.29, 0.717) is 27.8 Å². The summed E-state index contributed by atoms with van der Waals surface area (Å²) in [4.78, 5) is 17.6. The number of hydrogen-bond donors (Lipinski definition) is 1. The Labute approximate surface area is 205 Å². The minimum atomic E-state index is -0.366. The number of halogens is 1. The molecule has 8 heteroatoms. The van der Waals surface area contributed by atoms with Crippen LogP contribution in [0.2, 0.25) is 5.02 Å². The number of amides is 1. The Morgan fingerprint density at radius 1 is 1.06 bits per heavy atom. The van der Waals surface area contributed by atoms with Crippen molar-refractivity contribution in [1.29, 1.82) is 0 Å². The number of carbonyl (C=O) groups excluding carboxylic acids is 1. The fourth-order valence-corrected chi connectivity index (χ4v) is 4.66. The second-order valence-corrected chi connectivity index (χ2v) is 9.30. The highest BCUT2D eigenvalue weighted by Crippen LogP contribution is 2.31. The standard InChI is InChI=1S/C26H20ClN3O3S/c1-15-3-12-22-23(13-15)34-26(29-22)17-4-8-19(9-5-17)28-25(31)24-21(16(2)33-30-24)14-32-20-10-6-18(27)7-11-20/h3-13H,14H2,1-2H3,(H,28,31). The van der Waals surface area contributed by atoms with Crippen LogP contribution >= 0.6 is 22.9 Å². The predicted octanol–water partition coefficient (Wildman–Crippen LogP) is 7.05. The van der Waals surface area contributed by atoms with E-state index in [1.165, 1.54) is 5.56 Å². The van der Waals surface area contributed by atoms with Gasteiger partial charge >= 0.3 is 0 Å². The van der Waals surface area contributed by atoms with Crippen LogP contribution < -0.4 is 10.1 Å². The van der Waals surface area contributed by atoms with E-state index >= 15 is 0 Å². The molecular formula is C26H20ClN3O3S. The zero-order chi connectivity index (χ0) is 23.7.